The zero-order valence-corrected chi connectivity index (χ0v) is 26.3. The van der Waals surface area contributed by atoms with Gasteiger partial charge in [0.25, 0.3) is 0 Å². The first-order chi connectivity index (χ1) is 21.3. The average Bonchev–Trinajstić information content (AvgIpc) is 2.97. The van der Waals surface area contributed by atoms with Gasteiger partial charge in [-0.1, -0.05) is 59.8 Å². The van der Waals surface area contributed by atoms with Crippen molar-refractivity contribution >= 4 is 11.9 Å². The Morgan fingerprint density at radius 3 is 1.51 bits per heavy atom. The first kappa shape index (κ1) is 34.9. The Bertz CT molecular complexity index is 1360. The van der Waals surface area contributed by atoms with Gasteiger partial charge < -0.3 is 40.1 Å². The highest BCUT2D eigenvalue weighted by Gasteiger charge is 2.23. The zero-order chi connectivity index (χ0) is 33.3. The lowest BCUT2D eigenvalue weighted by molar-refractivity contribution is 0.0727. The number of hydrogen-bond acceptors (Lipinski definition) is 10. The number of rotatable bonds is 15. The summed E-state index contributed by atoms with van der Waals surface area (Å²) in [6, 6.07) is 7.32. The highest BCUT2D eigenvalue weighted by Crippen LogP contribution is 2.39. The Balaban J connectivity index is 2.05. The number of aromatic hydroxyl groups is 6. The van der Waals surface area contributed by atoms with Crippen molar-refractivity contribution in [2.45, 2.75) is 85.5 Å². The van der Waals surface area contributed by atoms with Gasteiger partial charge >= 0.3 is 11.9 Å². The average molecular weight is 625 g/mol. The molecule has 0 aliphatic rings. The second kappa shape index (κ2) is 15.9. The number of hydrogen-bond donors (Lipinski definition) is 6. The fourth-order valence-corrected chi connectivity index (χ4v) is 5.00. The summed E-state index contributed by atoms with van der Waals surface area (Å²) in [5.74, 6) is -4.98. The molecule has 0 amide bonds. The van der Waals surface area contributed by atoms with Gasteiger partial charge in [0.15, 0.2) is 34.5 Å². The zero-order valence-electron chi connectivity index (χ0n) is 26.3. The fraction of sp³-hybridized carbons (Fsp3) is 0.429. The van der Waals surface area contributed by atoms with Crippen LogP contribution in [0.4, 0.5) is 0 Å². The van der Waals surface area contributed by atoms with Gasteiger partial charge in [-0.05, 0) is 79.5 Å². The number of carbonyl (C=O) groups excluding carboxylic acids is 2. The van der Waals surface area contributed by atoms with Crippen LogP contribution in [0.1, 0.15) is 104 Å². The Labute approximate surface area is 263 Å². The summed E-state index contributed by atoms with van der Waals surface area (Å²) in [5, 5.41) is 59.2. The summed E-state index contributed by atoms with van der Waals surface area (Å²) in [5.41, 5.74) is 0.753. The van der Waals surface area contributed by atoms with E-state index in [2.05, 4.69) is 27.7 Å². The maximum Gasteiger partial charge on any atom is 0.343 e. The molecule has 3 aromatic rings. The number of phenolic OH excluding ortho intramolecular Hbond substituents is 6. The highest BCUT2D eigenvalue weighted by molar-refractivity contribution is 5.94. The third-order valence-electron chi connectivity index (χ3n) is 7.68. The standard InChI is InChI=1S/C35H44O10/c1-5-6-7-11-22-14-30(44-34(42)23-16-26(36)32(40)27(37)17-23)25(13-12-21(4)10-8-9-20(2)3)31(15-22)45-35(43)24-18-28(38)33(41)29(39)19-24/h14-21,36-41H,5-13H2,1-4H3/t21-/m1/s1. The SMILES string of the molecule is CCCCCc1cc(OC(=O)c2cc(O)c(O)c(O)c2)c(CC[C@H](C)CCCC(C)C)c(OC(=O)c2cc(O)c(O)c(O)c2)c1. The predicted molar refractivity (Wildman–Crippen MR) is 169 cm³/mol. The van der Waals surface area contributed by atoms with Gasteiger partial charge in [0.1, 0.15) is 11.5 Å². The summed E-state index contributed by atoms with van der Waals surface area (Å²) >= 11 is 0. The van der Waals surface area contributed by atoms with E-state index in [0.29, 0.717) is 36.7 Å². The van der Waals surface area contributed by atoms with E-state index < -0.39 is 46.4 Å². The minimum Gasteiger partial charge on any atom is -0.504 e. The molecule has 10 heteroatoms. The van der Waals surface area contributed by atoms with Crippen molar-refractivity contribution in [3.8, 4) is 46.0 Å². The van der Waals surface area contributed by atoms with Crippen LogP contribution in [0.5, 0.6) is 46.0 Å². The van der Waals surface area contributed by atoms with Gasteiger partial charge in [0, 0.05) is 5.56 Å². The van der Waals surface area contributed by atoms with Crippen LogP contribution in [-0.2, 0) is 12.8 Å². The predicted octanol–water partition coefficient (Wildman–Crippen LogP) is 7.49. The molecule has 45 heavy (non-hydrogen) atoms. The highest BCUT2D eigenvalue weighted by atomic mass is 16.5. The Kier molecular flexibility index (Phi) is 12.3. The molecule has 0 bridgehead atoms. The molecule has 0 aromatic heterocycles. The minimum absolute atomic E-state index is 0.134. The van der Waals surface area contributed by atoms with E-state index in [-0.39, 0.29) is 22.6 Å². The van der Waals surface area contributed by atoms with Crippen molar-refractivity contribution in [1.82, 2.24) is 0 Å². The second-order valence-corrected chi connectivity index (χ2v) is 12.0. The monoisotopic (exact) mass is 624 g/mol. The van der Waals surface area contributed by atoms with Gasteiger partial charge in [0.05, 0.1) is 11.1 Å². The minimum atomic E-state index is -0.914. The molecule has 3 aromatic carbocycles. The smallest absolute Gasteiger partial charge is 0.343 e. The normalized spacial score (nSPS) is 11.8. The van der Waals surface area contributed by atoms with Gasteiger partial charge in [-0.2, -0.15) is 0 Å². The molecule has 10 nitrogen and oxygen atoms in total. The molecule has 244 valence electrons. The van der Waals surface area contributed by atoms with Crippen molar-refractivity contribution < 1.29 is 49.7 Å². The van der Waals surface area contributed by atoms with Crippen molar-refractivity contribution in [3.05, 3.63) is 58.7 Å². The summed E-state index contributed by atoms with van der Waals surface area (Å²) in [4.78, 5) is 26.5. The molecule has 0 spiro atoms. The Morgan fingerprint density at radius 2 is 1.09 bits per heavy atom. The summed E-state index contributed by atoms with van der Waals surface area (Å²) in [6.07, 6.45) is 7.53. The van der Waals surface area contributed by atoms with E-state index in [9.17, 15) is 40.2 Å². The fourth-order valence-electron chi connectivity index (χ4n) is 5.00. The Morgan fingerprint density at radius 1 is 0.622 bits per heavy atom. The van der Waals surface area contributed by atoms with Gasteiger partial charge in [-0.25, -0.2) is 9.59 Å². The molecule has 0 heterocycles. The summed E-state index contributed by atoms with van der Waals surface area (Å²) < 4.78 is 11.6. The third kappa shape index (κ3) is 9.69. The topological polar surface area (TPSA) is 174 Å². The number of ether oxygens (including phenoxy) is 2. The van der Waals surface area contributed by atoms with Crippen LogP contribution in [0.3, 0.4) is 0 Å². The van der Waals surface area contributed by atoms with Crippen molar-refractivity contribution in [3.63, 3.8) is 0 Å². The molecule has 0 aliphatic heterocycles. The molecule has 0 unspecified atom stereocenters. The molecular weight excluding hydrogens is 580 g/mol. The lowest BCUT2D eigenvalue weighted by Gasteiger charge is -2.19. The molecular formula is C35H44O10. The third-order valence-corrected chi connectivity index (χ3v) is 7.68. The maximum absolute atomic E-state index is 13.2. The number of esters is 2. The number of aryl methyl sites for hydroxylation is 1. The molecule has 1 atom stereocenters. The van der Waals surface area contributed by atoms with E-state index >= 15 is 0 Å². The van der Waals surface area contributed by atoms with Gasteiger partial charge in [0.2, 0.25) is 0 Å². The molecule has 0 saturated carbocycles. The molecule has 0 aliphatic carbocycles. The van der Waals surface area contributed by atoms with Crippen LogP contribution in [-0.4, -0.2) is 42.6 Å². The number of phenols is 6. The van der Waals surface area contributed by atoms with Crippen LogP contribution in [0.2, 0.25) is 0 Å². The molecule has 0 fully saturated rings. The van der Waals surface area contributed by atoms with Crippen molar-refractivity contribution in [2.24, 2.45) is 11.8 Å². The van der Waals surface area contributed by atoms with E-state index in [1.54, 1.807) is 12.1 Å². The number of benzene rings is 3. The van der Waals surface area contributed by atoms with Crippen LogP contribution >= 0.6 is 0 Å². The van der Waals surface area contributed by atoms with Crippen LogP contribution in [0.25, 0.3) is 0 Å². The lowest BCUT2D eigenvalue weighted by atomic mass is 9.93. The van der Waals surface area contributed by atoms with E-state index in [1.165, 1.54) is 0 Å². The van der Waals surface area contributed by atoms with E-state index in [1.807, 2.05) is 0 Å². The molecule has 0 saturated heterocycles. The molecule has 6 N–H and O–H groups in total. The Hall–Kier alpha value is -4.60. The summed E-state index contributed by atoms with van der Waals surface area (Å²) in [7, 11) is 0. The van der Waals surface area contributed by atoms with Gasteiger partial charge in [-0.15, -0.1) is 0 Å². The first-order valence-corrected chi connectivity index (χ1v) is 15.4. The van der Waals surface area contributed by atoms with Crippen LogP contribution < -0.4 is 9.47 Å². The summed E-state index contributed by atoms with van der Waals surface area (Å²) in [6.45, 7) is 8.54. The van der Waals surface area contributed by atoms with Gasteiger partial charge in [-0.3, -0.25) is 0 Å². The first-order valence-electron chi connectivity index (χ1n) is 15.4. The van der Waals surface area contributed by atoms with Crippen LogP contribution in [0, 0.1) is 11.8 Å². The number of unbranched alkanes of at least 4 members (excludes halogenated alkanes) is 2. The lowest BCUT2D eigenvalue weighted by Crippen LogP contribution is -2.14. The van der Waals surface area contributed by atoms with E-state index in [4.69, 9.17) is 9.47 Å². The number of carbonyl (C=O) groups is 2. The van der Waals surface area contributed by atoms with Crippen LogP contribution in [0.15, 0.2) is 36.4 Å². The van der Waals surface area contributed by atoms with Crippen molar-refractivity contribution in [2.75, 3.05) is 0 Å². The molecule has 3 rings (SSSR count). The maximum atomic E-state index is 13.2. The molecule has 0 radical (unpaired) electrons. The quantitative estimate of drug-likeness (QED) is 0.0430. The second-order valence-electron chi connectivity index (χ2n) is 12.0. The van der Waals surface area contributed by atoms with Crippen molar-refractivity contribution in [1.29, 1.82) is 0 Å². The largest absolute Gasteiger partial charge is 0.504 e. The van der Waals surface area contributed by atoms with E-state index in [0.717, 1.165) is 68.4 Å².